The molecule has 58 valence electrons. The van der Waals surface area contributed by atoms with Gasteiger partial charge < -0.3 is 10.8 Å². The van der Waals surface area contributed by atoms with Crippen LogP contribution in [0.25, 0.3) is 0 Å². The fourth-order valence-corrected chi connectivity index (χ4v) is 0.588. The van der Waals surface area contributed by atoms with Crippen LogP contribution in [0.2, 0.25) is 0 Å². The summed E-state index contributed by atoms with van der Waals surface area (Å²) >= 11 is 0. The van der Waals surface area contributed by atoms with Crippen molar-refractivity contribution in [3.8, 4) is 0 Å². The van der Waals surface area contributed by atoms with E-state index in [1.165, 1.54) is 0 Å². The van der Waals surface area contributed by atoms with Gasteiger partial charge in [0.1, 0.15) is 0 Å². The molecule has 0 aromatic carbocycles. The molecular formula is C5H10NO3P. The Bertz CT molecular complexity index is 148. The van der Waals surface area contributed by atoms with Crippen molar-refractivity contribution in [2.45, 2.75) is 18.9 Å². The third kappa shape index (κ3) is 4.41. The molecule has 0 spiro atoms. The first-order chi connectivity index (χ1) is 4.54. The molecule has 0 aliphatic carbocycles. The lowest BCUT2D eigenvalue weighted by Gasteiger charge is -2.02. The van der Waals surface area contributed by atoms with Crippen molar-refractivity contribution in [2.75, 3.05) is 0 Å². The molecule has 0 fully saturated rings. The first kappa shape index (κ1) is 9.53. The van der Waals surface area contributed by atoms with Crippen molar-refractivity contribution >= 4 is 20.7 Å². The Hall–Kier alpha value is -0.470. The molecule has 3 N–H and O–H groups in total. The van der Waals surface area contributed by atoms with Crippen LogP contribution in [0, 0.1) is 0 Å². The number of carboxylic acid groups (broad SMARTS) is 1. The molecule has 0 amide bonds. The Labute approximate surface area is 61.0 Å². The fourth-order valence-electron chi connectivity index (χ4n) is 0.421. The summed E-state index contributed by atoms with van der Waals surface area (Å²) in [6, 6.07) is -0.652. The van der Waals surface area contributed by atoms with E-state index in [1.54, 1.807) is 0 Å². The van der Waals surface area contributed by atoms with Crippen molar-refractivity contribution in [3.05, 3.63) is 0 Å². The minimum atomic E-state index is -0.929. The Balaban J connectivity index is 3.49. The molecule has 4 nitrogen and oxygen atoms in total. The predicted octanol–water partition coefficient (Wildman–Crippen LogP) is -0.420. The van der Waals surface area contributed by atoms with Crippen molar-refractivity contribution in [1.29, 1.82) is 0 Å². The topological polar surface area (TPSA) is 80.4 Å². The molecule has 0 bridgehead atoms. The van der Waals surface area contributed by atoms with Gasteiger partial charge in [0, 0.05) is 6.42 Å². The van der Waals surface area contributed by atoms with Gasteiger partial charge in [0.05, 0.1) is 6.04 Å². The largest absolute Gasteiger partial charge is 0.481 e. The van der Waals surface area contributed by atoms with Crippen molar-refractivity contribution in [2.24, 2.45) is 5.73 Å². The van der Waals surface area contributed by atoms with Gasteiger partial charge in [-0.2, -0.15) is 0 Å². The first-order valence-electron chi connectivity index (χ1n) is 2.80. The van der Waals surface area contributed by atoms with Crippen LogP contribution in [0.15, 0.2) is 0 Å². The minimum Gasteiger partial charge on any atom is -0.481 e. The maximum Gasteiger partial charge on any atom is 0.303 e. The summed E-state index contributed by atoms with van der Waals surface area (Å²) in [5.41, 5.74) is 4.98. The molecule has 1 unspecified atom stereocenters. The number of carboxylic acids is 1. The lowest BCUT2D eigenvalue weighted by Crippen LogP contribution is -2.26. The molecule has 2 atom stereocenters. The molecule has 0 rings (SSSR count). The number of nitrogens with two attached hydrogens (primary N) is 1. The SMILES string of the molecule is N[C@@H](CCC(=O)O)C(=O)P. The van der Waals surface area contributed by atoms with E-state index in [9.17, 15) is 9.59 Å². The quantitative estimate of drug-likeness (QED) is 0.551. The number of aliphatic carboxylic acids is 1. The van der Waals surface area contributed by atoms with Gasteiger partial charge in [0.2, 0.25) is 0 Å². The Morgan fingerprint density at radius 1 is 1.60 bits per heavy atom. The van der Waals surface area contributed by atoms with E-state index >= 15 is 0 Å². The summed E-state index contributed by atoms with van der Waals surface area (Å²) in [7, 11) is 1.92. The Kier molecular flexibility index (Phi) is 4.16. The van der Waals surface area contributed by atoms with E-state index in [4.69, 9.17) is 10.8 Å². The average molecular weight is 163 g/mol. The van der Waals surface area contributed by atoms with Crippen LogP contribution in [0.4, 0.5) is 0 Å². The second kappa shape index (κ2) is 4.36. The Morgan fingerprint density at radius 2 is 2.10 bits per heavy atom. The van der Waals surface area contributed by atoms with Gasteiger partial charge in [-0.3, -0.25) is 9.59 Å². The molecule has 0 aromatic rings. The highest BCUT2D eigenvalue weighted by atomic mass is 31.0. The molecule has 5 heteroatoms. The zero-order valence-electron chi connectivity index (χ0n) is 5.41. The van der Waals surface area contributed by atoms with Crippen LogP contribution in [-0.2, 0) is 9.59 Å². The molecular weight excluding hydrogens is 153 g/mol. The van der Waals surface area contributed by atoms with Gasteiger partial charge in [-0.25, -0.2) is 0 Å². The second-order valence-corrected chi connectivity index (χ2v) is 2.51. The normalized spacial score (nSPS) is 12.6. The predicted molar refractivity (Wildman–Crippen MR) is 39.6 cm³/mol. The van der Waals surface area contributed by atoms with Crippen LogP contribution in [-0.4, -0.2) is 22.6 Å². The van der Waals surface area contributed by atoms with Crippen LogP contribution in [0.5, 0.6) is 0 Å². The van der Waals surface area contributed by atoms with E-state index < -0.39 is 12.0 Å². The number of carbonyl (C=O) groups is 2. The summed E-state index contributed by atoms with van der Waals surface area (Å²) in [6.45, 7) is 0. The van der Waals surface area contributed by atoms with Crippen molar-refractivity contribution in [1.82, 2.24) is 0 Å². The van der Waals surface area contributed by atoms with Gasteiger partial charge in [-0.15, -0.1) is 0 Å². The molecule has 0 aromatic heterocycles. The van der Waals surface area contributed by atoms with Gasteiger partial charge >= 0.3 is 5.97 Å². The van der Waals surface area contributed by atoms with E-state index in [1.807, 2.05) is 9.24 Å². The number of rotatable bonds is 4. The highest BCUT2D eigenvalue weighted by Gasteiger charge is 2.09. The number of hydrogen-bond donors (Lipinski definition) is 2. The van der Waals surface area contributed by atoms with Crippen LogP contribution >= 0.6 is 9.24 Å². The highest BCUT2D eigenvalue weighted by Crippen LogP contribution is 1.99. The number of hydrogen-bond acceptors (Lipinski definition) is 3. The monoisotopic (exact) mass is 163 g/mol. The molecule has 0 aliphatic heterocycles. The van der Waals surface area contributed by atoms with Crippen molar-refractivity contribution in [3.63, 3.8) is 0 Å². The van der Waals surface area contributed by atoms with Crippen molar-refractivity contribution < 1.29 is 14.7 Å². The van der Waals surface area contributed by atoms with E-state index in [0.29, 0.717) is 0 Å². The van der Waals surface area contributed by atoms with Crippen LogP contribution in [0.3, 0.4) is 0 Å². The minimum absolute atomic E-state index is 0.0543. The summed E-state index contributed by atoms with van der Waals surface area (Å²) in [4.78, 5) is 20.4. The van der Waals surface area contributed by atoms with E-state index in [-0.39, 0.29) is 18.4 Å². The maximum absolute atomic E-state index is 10.4. The Morgan fingerprint density at radius 3 is 2.40 bits per heavy atom. The standard InChI is InChI=1S/C5H10NO3P/c6-3(5(9)10)1-2-4(7)8/h3H,1-2,6,10H2,(H,7,8)/t3-/m0/s1. The zero-order chi connectivity index (χ0) is 8.15. The third-order valence-corrected chi connectivity index (χ3v) is 1.46. The summed E-state index contributed by atoms with van der Waals surface area (Å²) in [5.74, 6) is -0.929. The third-order valence-electron chi connectivity index (χ3n) is 1.03. The van der Waals surface area contributed by atoms with Gasteiger partial charge in [0.25, 0.3) is 0 Å². The summed E-state index contributed by atoms with van der Waals surface area (Å²) in [5, 5.41) is 8.17. The fraction of sp³-hybridized carbons (Fsp3) is 0.600. The first-order valence-corrected chi connectivity index (χ1v) is 3.38. The maximum atomic E-state index is 10.4. The van der Waals surface area contributed by atoms with Crippen LogP contribution < -0.4 is 5.73 Å². The molecule has 0 saturated carbocycles. The molecule has 0 radical (unpaired) electrons. The lowest BCUT2D eigenvalue weighted by atomic mass is 10.2. The molecule has 0 heterocycles. The molecule has 0 aliphatic rings. The zero-order valence-corrected chi connectivity index (χ0v) is 6.56. The van der Waals surface area contributed by atoms with Crippen LogP contribution in [0.1, 0.15) is 12.8 Å². The summed E-state index contributed by atoms with van der Waals surface area (Å²) in [6.07, 6.45) is 0.152. The lowest BCUT2D eigenvalue weighted by molar-refractivity contribution is -0.137. The van der Waals surface area contributed by atoms with E-state index in [0.717, 1.165) is 0 Å². The van der Waals surface area contributed by atoms with Gasteiger partial charge in [-0.05, 0) is 6.42 Å². The van der Waals surface area contributed by atoms with Gasteiger partial charge in [0.15, 0.2) is 5.52 Å². The average Bonchev–Trinajstić information content (AvgIpc) is 1.82. The highest BCUT2D eigenvalue weighted by molar-refractivity contribution is 7.40. The summed E-state index contributed by atoms with van der Waals surface area (Å²) < 4.78 is 0. The smallest absolute Gasteiger partial charge is 0.303 e. The number of carbonyl (C=O) groups excluding carboxylic acids is 1. The second-order valence-electron chi connectivity index (χ2n) is 1.94. The van der Waals surface area contributed by atoms with Gasteiger partial charge in [-0.1, -0.05) is 9.24 Å². The molecule has 10 heavy (non-hydrogen) atoms. The molecule has 0 saturated heterocycles. The van der Waals surface area contributed by atoms with E-state index in [2.05, 4.69) is 0 Å².